The van der Waals surface area contributed by atoms with E-state index in [1.54, 1.807) is 24.8 Å². The maximum atomic E-state index is 12.3. The largest absolute Gasteiger partial charge is 0.389 e. The molecule has 1 saturated heterocycles. The van der Waals surface area contributed by atoms with Gasteiger partial charge in [0.1, 0.15) is 10.8 Å². The minimum Gasteiger partial charge on any atom is -0.389 e. The molecule has 1 atom stereocenters. The SMILES string of the molecule is COCC(O)CN1CCC(NC(=O)c2cc(Cl)c(Cl)n2C)CC1. The molecule has 8 heteroatoms. The van der Waals surface area contributed by atoms with E-state index in [1.165, 1.54) is 0 Å². The smallest absolute Gasteiger partial charge is 0.268 e. The number of ether oxygens (including phenoxy) is 1. The summed E-state index contributed by atoms with van der Waals surface area (Å²) < 4.78 is 6.51. The molecule has 1 aliphatic heterocycles. The van der Waals surface area contributed by atoms with Crippen molar-refractivity contribution in [3.05, 3.63) is 21.9 Å². The van der Waals surface area contributed by atoms with Crippen LogP contribution in [0.5, 0.6) is 0 Å². The van der Waals surface area contributed by atoms with E-state index in [9.17, 15) is 9.90 Å². The summed E-state index contributed by atoms with van der Waals surface area (Å²) in [4.78, 5) is 14.5. The molecule has 2 rings (SSSR count). The quantitative estimate of drug-likeness (QED) is 0.804. The molecule has 2 heterocycles. The molecule has 6 nitrogen and oxygen atoms in total. The number of β-amino-alcohol motifs (C(OH)–C–C–N with tert-alkyl or cyclic N) is 1. The minimum absolute atomic E-state index is 0.116. The Balaban J connectivity index is 1.82. The van der Waals surface area contributed by atoms with Crippen LogP contribution in [0.1, 0.15) is 23.3 Å². The summed E-state index contributed by atoms with van der Waals surface area (Å²) in [5.74, 6) is -0.167. The maximum absolute atomic E-state index is 12.3. The van der Waals surface area contributed by atoms with Gasteiger partial charge in [0, 0.05) is 39.8 Å². The molecule has 2 N–H and O–H groups in total. The fourth-order valence-electron chi connectivity index (χ4n) is 2.82. The van der Waals surface area contributed by atoms with Crippen molar-refractivity contribution in [2.45, 2.75) is 25.0 Å². The minimum atomic E-state index is -0.473. The first-order valence-corrected chi connectivity index (χ1v) is 8.39. The highest BCUT2D eigenvalue weighted by Gasteiger charge is 2.24. The molecule has 0 aliphatic carbocycles. The summed E-state index contributed by atoms with van der Waals surface area (Å²) in [6.45, 7) is 2.60. The second-order valence-corrected chi connectivity index (χ2v) is 6.65. The number of aromatic nitrogens is 1. The molecule has 23 heavy (non-hydrogen) atoms. The molecule has 1 aliphatic rings. The van der Waals surface area contributed by atoms with Gasteiger partial charge in [0.25, 0.3) is 5.91 Å². The van der Waals surface area contributed by atoms with Crippen LogP contribution >= 0.6 is 23.2 Å². The summed E-state index contributed by atoms with van der Waals surface area (Å²) >= 11 is 11.9. The fourth-order valence-corrected chi connectivity index (χ4v) is 3.20. The monoisotopic (exact) mass is 363 g/mol. The van der Waals surface area contributed by atoms with Gasteiger partial charge < -0.3 is 24.6 Å². The third-order valence-corrected chi connectivity index (χ3v) is 4.94. The van der Waals surface area contributed by atoms with Crippen molar-refractivity contribution in [3.63, 3.8) is 0 Å². The molecule has 1 aromatic rings. The van der Waals surface area contributed by atoms with Crippen LogP contribution in [0.4, 0.5) is 0 Å². The van der Waals surface area contributed by atoms with Crippen LogP contribution in [0.15, 0.2) is 6.07 Å². The highest BCUT2D eigenvalue weighted by molar-refractivity contribution is 6.41. The summed E-state index contributed by atoms with van der Waals surface area (Å²) in [6, 6.07) is 1.70. The average molecular weight is 364 g/mol. The van der Waals surface area contributed by atoms with Crippen molar-refractivity contribution < 1.29 is 14.6 Å². The van der Waals surface area contributed by atoms with Gasteiger partial charge in [-0.25, -0.2) is 0 Å². The zero-order chi connectivity index (χ0) is 17.0. The second-order valence-electron chi connectivity index (χ2n) is 5.88. The van der Waals surface area contributed by atoms with E-state index >= 15 is 0 Å². The van der Waals surface area contributed by atoms with Gasteiger partial charge in [-0.15, -0.1) is 0 Å². The van der Waals surface area contributed by atoms with E-state index in [-0.39, 0.29) is 11.9 Å². The number of likely N-dealkylation sites (tertiary alicyclic amines) is 1. The number of aliphatic hydroxyl groups excluding tert-OH is 1. The van der Waals surface area contributed by atoms with Crippen molar-refractivity contribution in [2.24, 2.45) is 7.05 Å². The van der Waals surface area contributed by atoms with Crippen molar-refractivity contribution in [1.82, 2.24) is 14.8 Å². The van der Waals surface area contributed by atoms with E-state index in [2.05, 4.69) is 10.2 Å². The lowest BCUT2D eigenvalue weighted by Crippen LogP contribution is -2.47. The third kappa shape index (κ3) is 4.84. The van der Waals surface area contributed by atoms with E-state index in [0.29, 0.717) is 29.0 Å². The van der Waals surface area contributed by atoms with Crippen molar-refractivity contribution in [1.29, 1.82) is 0 Å². The summed E-state index contributed by atoms with van der Waals surface area (Å²) in [7, 11) is 3.29. The molecule has 1 aromatic heterocycles. The van der Waals surface area contributed by atoms with Crippen molar-refractivity contribution in [3.8, 4) is 0 Å². The number of hydrogen-bond acceptors (Lipinski definition) is 4. The molecule has 1 fully saturated rings. The number of aliphatic hydroxyl groups is 1. The molecule has 1 unspecified atom stereocenters. The van der Waals surface area contributed by atoms with Crippen LogP contribution in [-0.2, 0) is 11.8 Å². The molecule has 0 saturated carbocycles. The van der Waals surface area contributed by atoms with Gasteiger partial charge in [-0.3, -0.25) is 4.79 Å². The molecule has 0 radical (unpaired) electrons. The lowest BCUT2D eigenvalue weighted by Gasteiger charge is -2.33. The first kappa shape index (κ1) is 18.5. The van der Waals surface area contributed by atoms with Gasteiger partial charge >= 0.3 is 0 Å². The average Bonchev–Trinajstić information content (AvgIpc) is 2.77. The number of methoxy groups -OCH3 is 1. The molecule has 0 aromatic carbocycles. The molecule has 0 spiro atoms. The third-order valence-electron chi connectivity index (χ3n) is 4.10. The van der Waals surface area contributed by atoms with Crippen LogP contribution in [0.25, 0.3) is 0 Å². The van der Waals surface area contributed by atoms with Gasteiger partial charge in [0.15, 0.2) is 0 Å². The number of nitrogens with one attached hydrogen (secondary N) is 1. The zero-order valence-electron chi connectivity index (χ0n) is 13.4. The van der Waals surface area contributed by atoms with E-state index in [4.69, 9.17) is 27.9 Å². The Labute approximate surface area is 146 Å². The molecule has 1 amide bonds. The number of rotatable bonds is 6. The number of amides is 1. The number of halogens is 2. The lowest BCUT2D eigenvalue weighted by molar-refractivity contribution is 0.0309. The Morgan fingerprint density at radius 3 is 2.65 bits per heavy atom. The molecular formula is C15H23Cl2N3O3. The van der Waals surface area contributed by atoms with Gasteiger partial charge in [-0.1, -0.05) is 23.2 Å². The van der Waals surface area contributed by atoms with Gasteiger partial charge in [0.05, 0.1) is 17.7 Å². The van der Waals surface area contributed by atoms with Crippen LogP contribution in [0.2, 0.25) is 10.2 Å². The van der Waals surface area contributed by atoms with E-state index in [1.807, 2.05) is 0 Å². The number of carbonyl (C=O) groups excluding carboxylic acids is 1. The number of carbonyl (C=O) groups is 1. The second kappa shape index (κ2) is 8.35. The van der Waals surface area contributed by atoms with Gasteiger partial charge in [0.2, 0.25) is 0 Å². The van der Waals surface area contributed by atoms with Crippen molar-refractivity contribution >= 4 is 29.1 Å². The van der Waals surface area contributed by atoms with Crippen LogP contribution < -0.4 is 5.32 Å². The van der Waals surface area contributed by atoms with Gasteiger partial charge in [-0.2, -0.15) is 0 Å². The normalized spacial score (nSPS) is 18.1. The Kier molecular flexibility index (Phi) is 6.73. The van der Waals surface area contributed by atoms with Crippen LogP contribution in [0, 0.1) is 0 Å². The molecule has 0 bridgehead atoms. The van der Waals surface area contributed by atoms with Gasteiger partial charge in [-0.05, 0) is 18.9 Å². The Morgan fingerprint density at radius 1 is 1.48 bits per heavy atom. The first-order valence-electron chi connectivity index (χ1n) is 7.63. The Hall–Kier alpha value is -0.790. The van der Waals surface area contributed by atoms with E-state index in [0.717, 1.165) is 25.9 Å². The highest BCUT2D eigenvalue weighted by Crippen LogP contribution is 2.25. The standard InChI is InChI=1S/C15H23Cl2N3O3/c1-19-13(7-12(16)14(19)17)15(22)18-10-3-5-20(6-4-10)8-11(21)9-23-2/h7,10-11,21H,3-6,8-9H2,1-2H3,(H,18,22). The van der Waals surface area contributed by atoms with Crippen molar-refractivity contribution in [2.75, 3.05) is 33.4 Å². The van der Waals surface area contributed by atoms with Crippen LogP contribution in [0.3, 0.4) is 0 Å². The lowest BCUT2D eigenvalue weighted by atomic mass is 10.0. The Morgan fingerprint density at radius 2 is 2.13 bits per heavy atom. The van der Waals surface area contributed by atoms with Crippen LogP contribution in [-0.4, -0.2) is 66.0 Å². The topological polar surface area (TPSA) is 66.7 Å². The number of nitrogens with zero attached hydrogens (tertiary/aromatic N) is 2. The Bertz CT molecular complexity index is 542. The highest BCUT2D eigenvalue weighted by atomic mass is 35.5. The summed E-state index contributed by atoms with van der Waals surface area (Å²) in [5, 5.41) is 13.5. The van der Waals surface area contributed by atoms with E-state index < -0.39 is 6.10 Å². The fraction of sp³-hybridized carbons (Fsp3) is 0.667. The number of hydrogen-bond donors (Lipinski definition) is 2. The maximum Gasteiger partial charge on any atom is 0.268 e. The summed E-state index contributed by atoms with van der Waals surface area (Å²) in [6.07, 6.45) is 1.22. The molecular weight excluding hydrogens is 341 g/mol. The first-order chi connectivity index (χ1) is 10.9. The number of piperidine rings is 1. The predicted molar refractivity (Wildman–Crippen MR) is 90.2 cm³/mol. The predicted octanol–water partition coefficient (Wildman–Crippen LogP) is 1.53. The zero-order valence-corrected chi connectivity index (χ0v) is 14.9. The summed E-state index contributed by atoms with van der Waals surface area (Å²) in [5.41, 5.74) is 0.456. The molecule has 130 valence electrons.